The molecular weight excluding hydrogens is 367 g/mol. The van der Waals surface area contributed by atoms with Gasteiger partial charge in [0, 0.05) is 18.2 Å². The van der Waals surface area contributed by atoms with Crippen LogP contribution in [-0.4, -0.2) is 45.4 Å². The highest BCUT2D eigenvalue weighted by atomic mass is 32.2. The first-order valence-corrected chi connectivity index (χ1v) is 9.63. The van der Waals surface area contributed by atoms with Crippen molar-refractivity contribution in [2.45, 2.75) is 52.2 Å². The van der Waals surface area contributed by atoms with Gasteiger partial charge in [-0.15, -0.1) is 0 Å². The topological polar surface area (TPSA) is 93.1 Å². The van der Waals surface area contributed by atoms with Crippen molar-refractivity contribution in [1.29, 1.82) is 0 Å². The number of hydrogen-bond acceptors (Lipinski definition) is 6. The highest BCUT2D eigenvalue weighted by Crippen LogP contribution is 2.39. The van der Waals surface area contributed by atoms with Crippen LogP contribution in [0.25, 0.3) is 6.08 Å². The van der Waals surface area contributed by atoms with Gasteiger partial charge >= 0.3 is 13.1 Å². The van der Waals surface area contributed by atoms with E-state index >= 15 is 0 Å². The summed E-state index contributed by atoms with van der Waals surface area (Å²) in [6.45, 7) is 9.24. The van der Waals surface area contributed by atoms with Crippen molar-refractivity contribution in [3.63, 3.8) is 0 Å². The number of thioether (sulfide) groups is 1. The summed E-state index contributed by atoms with van der Waals surface area (Å²) in [6, 6.07) is 4.65. The van der Waals surface area contributed by atoms with Crippen LogP contribution in [0.2, 0.25) is 0 Å². The van der Waals surface area contributed by atoms with Gasteiger partial charge in [0.2, 0.25) is 0 Å². The van der Waals surface area contributed by atoms with Crippen LogP contribution in [-0.2, 0) is 25.3 Å². The van der Waals surface area contributed by atoms with E-state index in [4.69, 9.17) is 14.4 Å². The predicted molar refractivity (Wildman–Crippen MR) is 107 cm³/mol. The van der Waals surface area contributed by atoms with Crippen LogP contribution in [0.15, 0.2) is 23.7 Å². The van der Waals surface area contributed by atoms with Crippen LogP contribution in [0.4, 0.5) is 0 Å². The van der Waals surface area contributed by atoms with Crippen LogP contribution >= 0.6 is 11.8 Å². The van der Waals surface area contributed by atoms with Crippen LogP contribution in [0.1, 0.15) is 45.7 Å². The molecule has 0 aromatic heterocycles. The van der Waals surface area contributed by atoms with Crippen LogP contribution in [0.3, 0.4) is 0 Å². The Bertz CT molecular complexity index is 755. The van der Waals surface area contributed by atoms with E-state index in [-0.39, 0.29) is 17.3 Å². The lowest BCUT2D eigenvalue weighted by atomic mass is 9.78. The molecule has 1 aliphatic rings. The normalized spacial score (nSPS) is 18.6. The van der Waals surface area contributed by atoms with Crippen molar-refractivity contribution in [2.24, 2.45) is 0 Å². The van der Waals surface area contributed by atoms with E-state index in [0.717, 1.165) is 11.8 Å². The van der Waals surface area contributed by atoms with Crippen molar-refractivity contribution >= 4 is 36.0 Å². The number of carboxylic acids is 1. The maximum Gasteiger partial charge on any atom is 0.491 e. The van der Waals surface area contributed by atoms with Gasteiger partial charge in [0.15, 0.2) is 5.12 Å². The lowest BCUT2D eigenvalue weighted by Gasteiger charge is -2.32. The number of carbonyl (C=O) groups is 2. The summed E-state index contributed by atoms with van der Waals surface area (Å²) < 4.78 is 12.1. The summed E-state index contributed by atoms with van der Waals surface area (Å²) in [7, 11) is -0.663. The number of hydrogen-bond donors (Lipinski definition) is 2. The molecule has 1 aliphatic heterocycles. The zero-order valence-electron chi connectivity index (χ0n) is 16.2. The molecule has 6 nitrogen and oxygen atoms in total. The molecule has 27 heavy (non-hydrogen) atoms. The second-order valence-corrected chi connectivity index (χ2v) is 8.70. The third kappa shape index (κ3) is 5.37. The highest BCUT2D eigenvalue weighted by molar-refractivity contribution is 8.13. The number of rotatable bonds is 6. The smallest absolute Gasteiger partial charge is 0.491 e. The second kappa shape index (κ2) is 8.08. The van der Waals surface area contributed by atoms with E-state index in [0.29, 0.717) is 22.4 Å². The van der Waals surface area contributed by atoms with Crippen molar-refractivity contribution in [3.8, 4) is 5.75 Å². The maximum absolute atomic E-state index is 11.5. The van der Waals surface area contributed by atoms with E-state index in [1.807, 2.05) is 27.7 Å². The van der Waals surface area contributed by atoms with Crippen molar-refractivity contribution in [1.82, 2.24) is 0 Å². The number of phenolic OH excluding ortho intramolecular Hbond substituents is 1. The number of aromatic hydroxyl groups is 1. The Kier molecular flexibility index (Phi) is 6.45. The Hall–Kier alpha value is -1.77. The fraction of sp³-hybridized carbons (Fsp3) is 0.474. The molecule has 1 aromatic carbocycles. The number of carboxylic acid groups (broad SMARTS) is 1. The van der Waals surface area contributed by atoms with Crippen LogP contribution < -0.4 is 0 Å². The number of phenols is 1. The molecule has 1 heterocycles. The van der Waals surface area contributed by atoms with Gasteiger partial charge in [-0.25, -0.2) is 0 Å². The van der Waals surface area contributed by atoms with Crippen molar-refractivity contribution in [2.75, 3.05) is 5.75 Å². The molecule has 2 rings (SSSR count). The SMILES string of the molecule is CC(=O)SCC(=Cc1cc(CC(=O)O)ccc1O)B1OC(C)(C)C(C)(C)O1. The first-order valence-electron chi connectivity index (χ1n) is 8.64. The van der Waals surface area contributed by atoms with E-state index in [1.54, 1.807) is 18.2 Å². The minimum absolute atomic E-state index is 0.0194. The van der Waals surface area contributed by atoms with Gasteiger partial charge in [-0.2, -0.15) is 0 Å². The zero-order chi connectivity index (χ0) is 20.4. The molecule has 0 saturated carbocycles. The minimum atomic E-state index is -0.950. The summed E-state index contributed by atoms with van der Waals surface area (Å²) in [5.41, 5.74) is 0.647. The number of carbonyl (C=O) groups excluding carboxylic acids is 1. The van der Waals surface area contributed by atoms with E-state index in [9.17, 15) is 14.7 Å². The van der Waals surface area contributed by atoms with Crippen molar-refractivity contribution < 1.29 is 29.1 Å². The molecule has 0 unspecified atom stereocenters. The lowest BCUT2D eigenvalue weighted by molar-refractivity contribution is -0.136. The van der Waals surface area contributed by atoms with E-state index in [1.165, 1.54) is 13.0 Å². The lowest BCUT2D eigenvalue weighted by Crippen LogP contribution is -2.41. The summed E-state index contributed by atoms with van der Waals surface area (Å²) in [5.74, 6) is -0.589. The summed E-state index contributed by atoms with van der Waals surface area (Å²) in [6.07, 6.45) is 1.56. The number of benzene rings is 1. The zero-order valence-corrected chi connectivity index (χ0v) is 17.1. The third-order valence-corrected chi connectivity index (χ3v) is 5.67. The molecule has 2 N–H and O–H groups in total. The first kappa shape index (κ1) is 21.5. The van der Waals surface area contributed by atoms with E-state index < -0.39 is 24.3 Å². The molecule has 0 aliphatic carbocycles. The summed E-state index contributed by atoms with van der Waals surface area (Å²) >= 11 is 1.12. The van der Waals surface area contributed by atoms with Crippen LogP contribution in [0.5, 0.6) is 5.75 Å². The summed E-state index contributed by atoms with van der Waals surface area (Å²) in [4.78, 5) is 22.4. The van der Waals surface area contributed by atoms with Gasteiger partial charge in [-0.1, -0.05) is 23.9 Å². The molecule has 0 amide bonds. The molecule has 146 valence electrons. The third-order valence-electron chi connectivity index (χ3n) is 4.79. The predicted octanol–water partition coefficient (Wildman–Crippen LogP) is 3.31. The molecule has 0 spiro atoms. The van der Waals surface area contributed by atoms with Gasteiger partial charge in [0.25, 0.3) is 0 Å². The van der Waals surface area contributed by atoms with Gasteiger partial charge in [-0.05, 0) is 50.9 Å². The van der Waals surface area contributed by atoms with Crippen molar-refractivity contribution in [3.05, 3.63) is 34.8 Å². The fourth-order valence-corrected chi connectivity index (χ4v) is 3.15. The molecule has 0 radical (unpaired) electrons. The molecule has 0 bridgehead atoms. The Morgan fingerprint density at radius 1 is 1.19 bits per heavy atom. The van der Waals surface area contributed by atoms with Gasteiger partial charge in [0.1, 0.15) is 5.75 Å². The Labute approximate surface area is 164 Å². The number of aliphatic carboxylic acids is 1. The molecular formula is C19H25BO6S. The second-order valence-electron chi connectivity index (χ2n) is 7.55. The fourth-order valence-electron chi connectivity index (χ4n) is 2.56. The average Bonchev–Trinajstić information content (AvgIpc) is 2.73. The average molecular weight is 392 g/mol. The standard InChI is InChI=1S/C19H25BO6S/c1-12(21)27-11-15(20-25-18(2,3)19(4,5)26-20)10-14-8-13(9-17(23)24)6-7-16(14)22/h6-8,10,22H,9,11H2,1-5H3,(H,23,24). The van der Waals surface area contributed by atoms with Gasteiger partial charge in [0.05, 0.1) is 17.6 Å². The molecule has 1 fully saturated rings. The molecule has 1 saturated heterocycles. The first-order chi connectivity index (χ1) is 12.4. The molecule has 1 aromatic rings. The largest absolute Gasteiger partial charge is 0.507 e. The quantitative estimate of drug-likeness (QED) is 0.718. The van der Waals surface area contributed by atoms with Crippen LogP contribution in [0, 0.1) is 0 Å². The Morgan fingerprint density at radius 2 is 1.78 bits per heavy atom. The van der Waals surface area contributed by atoms with E-state index in [2.05, 4.69) is 0 Å². The summed E-state index contributed by atoms with van der Waals surface area (Å²) in [5, 5.41) is 19.1. The Balaban J connectivity index is 2.39. The molecule has 8 heteroatoms. The minimum Gasteiger partial charge on any atom is -0.507 e. The monoisotopic (exact) mass is 392 g/mol. The van der Waals surface area contributed by atoms with Gasteiger partial charge in [-0.3, -0.25) is 9.59 Å². The highest BCUT2D eigenvalue weighted by Gasteiger charge is 2.52. The maximum atomic E-state index is 11.5. The Morgan fingerprint density at radius 3 is 2.30 bits per heavy atom. The van der Waals surface area contributed by atoms with Gasteiger partial charge < -0.3 is 19.5 Å². The molecule has 0 atom stereocenters.